The van der Waals surface area contributed by atoms with Crippen LogP contribution in [0, 0.1) is 23.3 Å². The summed E-state index contributed by atoms with van der Waals surface area (Å²) in [6.07, 6.45) is -6.15. The summed E-state index contributed by atoms with van der Waals surface area (Å²) in [5.74, 6) is -8.20. The molecule has 4 rings (SSSR count). The van der Waals surface area contributed by atoms with Gasteiger partial charge >= 0.3 is 6.18 Å². The number of carbonyl (C=O) groups is 2. The van der Waals surface area contributed by atoms with Gasteiger partial charge in [0.2, 0.25) is 0 Å². The normalized spacial score (nSPS) is 13.1. The van der Waals surface area contributed by atoms with Gasteiger partial charge in [-0.15, -0.1) is 11.3 Å². The monoisotopic (exact) mass is 637 g/mol. The van der Waals surface area contributed by atoms with Crippen LogP contribution in [-0.2, 0) is 12.1 Å². The highest BCUT2D eigenvalue weighted by Crippen LogP contribution is 2.50. The van der Waals surface area contributed by atoms with Crippen molar-refractivity contribution in [2.75, 3.05) is 5.32 Å². The third-order valence-corrected chi connectivity index (χ3v) is 7.55. The van der Waals surface area contributed by atoms with Crippen molar-refractivity contribution < 1.29 is 44.7 Å². The molecule has 0 bridgehead atoms. The Bertz CT molecular complexity index is 1610. The van der Waals surface area contributed by atoms with Crippen LogP contribution >= 0.6 is 34.5 Å². The molecular weight excluding hydrogens is 625 g/mol. The highest BCUT2D eigenvalue weighted by atomic mass is 35.5. The molecule has 0 saturated heterocycles. The minimum atomic E-state index is -5.39. The number of halogens is 10. The van der Waals surface area contributed by atoms with E-state index >= 15 is 8.78 Å². The predicted molar refractivity (Wildman–Crippen MR) is 137 cm³/mol. The van der Waals surface area contributed by atoms with E-state index in [1.807, 2.05) is 5.32 Å². The molecular formula is C27H13Cl2F8NO2S. The Morgan fingerprint density at radius 1 is 0.854 bits per heavy atom. The van der Waals surface area contributed by atoms with Gasteiger partial charge in [-0.1, -0.05) is 35.3 Å². The second kappa shape index (κ2) is 11.4. The van der Waals surface area contributed by atoms with Crippen LogP contribution in [0.3, 0.4) is 0 Å². The summed E-state index contributed by atoms with van der Waals surface area (Å²) in [7, 11) is 0. The Morgan fingerprint density at radius 3 is 2.00 bits per heavy atom. The Morgan fingerprint density at radius 2 is 1.46 bits per heavy atom. The second-order valence-electron chi connectivity index (χ2n) is 8.52. The van der Waals surface area contributed by atoms with Gasteiger partial charge in [-0.05, 0) is 41.3 Å². The molecule has 1 aromatic heterocycles. The van der Waals surface area contributed by atoms with E-state index in [1.165, 1.54) is 11.4 Å². The first-order chi connectivity index (χ1) is 19.1. The van der Waals surface area contributed by atoms with E-state index in [0.717, 1.165) is 24.3 Å². The summed E-state index contributed by atoms with van der Waals surface area (Å²) in [5, 5.41) is 2.14. The summed E-state index contributed by atoms with van der Waals surface area (Å²) >= 11 is 12.8. The average molecular weight is 638 g/mol. The Balaban J connectivity index is 1.63. The number of alkyl halides is 4. The molecule has 0 radical (unpaired) electrons. The van der Waals surface area contributed by atoms with E-state index in [9.17, 15) is 35.9 Å². The standard InChI is InChI=1S/C27H13Cl2F8NO2S/c28-16-7-12(26(34,27(35,36)37)22-5-2-6-41-22)8-17(29)15(16)11-21(39)14-3-1-4-20(24(14)33)38-25(40)23-18(31)9-13(30)10-19(23)32/h1-10H,11H2,(H,38,40). The van der Waals surface area contributed by atoms with E-state index in [4.69, 9.17) is 23.2 Å². The molecule has 0 aliphatic carbocycles. The zero-order valence-corrected chi connectivity index (χ0v) is 22.3. The number of benzene rings is 3. The number of anilines is 1. The number of amides is 1. The molecule has 0 aliphatic heterocycles. The molecule has 1 heterocycles. The van der Waals surface area contributed by atoms with Crippen molar-refractivity contribution in [2.24, 2.45) is 0 Å². The van der Waals surface area contributed by atoms with Gasteiger partial charge in [-0.3, -0.25) is 9.59 Å². The van der Waals surface area contributed by atoms with E-state index in [0.29, 0.717) is 23.5 Å². The first-order valence-electron chi connectivity index (χ1n) is 11.2. The second-order valence-corrected chi connectivity index (χ2v) is 10.3. The van der Waals surface area contributed by atoms with Crippen LogP contribution in [-0.4, -0.2) is 17.9 Å². The first-order valence-corrected chi connectivity index (χ1v) is 12.8. The van der Waals surface area contributed by atoms with Crippen LogP contribution in [0.5, 0.6) is 0 Å². The molecule has 14 heteroatoms. The van der Waals surface area contributed by atoms with Crippen LogP contribution < -0.4 is 5.32 Å². The number of hydrogen-bond acceptors (Lipinski definition) is 3. The minimum absolute atomic E-state index is 0.234. The summed E-state index contributed by atoms with van der Waals surface area (Å²) in [6.45, 7) is 0. The van der Waals surface area contributed by atoms with Gasteiger partial charge in [-0.2, -0.15) is 13.2 Å². The molecule has 1 atom stereocenters. The number of carbonyl (C=O) groups excluding carboxylic acids is 2. The van der Waals surface area contributed by atoms with Gasteiger partial charge in [0.15, 0.2) is 11.6 Å². The average Bonchev–Trinajstić information content (AvgIpc) is 3.41. The number of rotatable bonds is 7. The summed E-state index contributed by atoms with van der Waals surface area (Å²) in [5.41, 5.74) is -7.64. The van der Waals surface area contributed by atoms with Crippen LogP contribution in [0.4, 0.5) is 40.8 Å². The number of nitrogens with one attached hydrogen (secondary N) is 1. The Labute approximate surface area is 240 Å². The van der Waals surface area contributed by atoms with Gasteiger partial charge < -0.3 is 5.32 Å². The lowest BCUT2D eigenvalue weighted by molar-refractivity contribution is -0.218. The smallest absolute Gasteiger partial charge is 0.319 e. The highest BCUT2D eigenvalue weighted by molar-refractivity contribution is 7.10. The van der Waals surface area contributed by atoms with Crippen molar-refractivity contribution in [3.8, 4) is 0 Å². The lowest BCUT2D eigenvalue weighted by Gasteiger charge is -2.28. The van der Waals surface area contributed by atoms with Crippen LogP contribution in [0.25, 0.3) is 0 Å². The lowest BCUT2D eigenvalue weighted by Crippen LogP contribution is -2.38. The van der Waals surface area contributed by atoms with Crippen molar-refractivity contribution in [1.82, 2.24) is 0 Å². The van der Waals surface area contributed by atoms with Crippen LogP contribution in [0.2, 0.25) is 10.0 Å². The lowest BCUT2D eigenvalue weighted by atomic mass is 9.91. The van der Waals surface area contributed by atoms with Crippen molar-refractivity contribution in [3.05, 3.63) is 120 Å². The number of Topliss-reactive ketones (excluding diaryl/α,β-unsaturated/α-hetero) is 1. The van der Waals surface area contributed by atoms with E-state index in [-0.39, 0.29) is 17.7 Å². The number of hydrogen-bond donors (Lipinski definition) is 1. The van der Waals surface area contributed by atoms with E-state index in [1.54, 1.807) is 0 Å². The van der Waals surface area contributed by atoms with Crippen LogP contribution in [0.15, 0.2) is 60.0 Å². The van der Waals surface area contributed by atoms with Gasteiger partial charge in [0.1, 0.15) is 23.0 Å². The SMILES string of the molecule is O=C(Cc1c(Cl)cc(C(F)(c2cccs2)C(F)(F)F)cc1Cl)c1cccc(NC(=O)c2c(F)cc(F)cc2F)c1F. The fourth-order valence-electron chi connectivity index (χ4n) is 3.93. The molecule has 1 amide bonds. The quantitative estimate of drug-likeness (QED) is 0.162. The number of ketones is 1. The minimum Gasteiger partial charge on any atom is -0.319 e. The zero-order valence-electron chi connectivity index (χ0n) is 20.0. The predicted octanol–water partition coefficient (Wildman–Crippen LogP) is 9.06. The third-order valence-electron chi connectivity index (χ3n) is 5.91. The maximum Gasteiger partial charge on any atom is 0.431 e. The largest absolute Gasteiger partial charge is 0.431 e. The summed E-state index contributed by atoms with van der Waals surface area (Å²) < 4.78 is 113. The molecule has 1 N–H and O–H groups in total. The molecule has 0 spiro atoms. The molecule has 4 aromatic rings. The fourth-order valence-corrected chi connectivity index (χ4v) is 5.41. The van der Waals surface area contributed by atoms with Crippen LogP contribution in [0.1, 0.15) is 36.7 Å². The summed E-state index contributed by atoms with van der Waals surface area (Å²) in [4.78, 5) is 24.6. The molecule has 1 unspecified atom stereocenters. The maximum absolute atomic E-state index is 15.6. The summed E-state index contributed by atoms with van der Waals surface area (Å²) in [6, 6.07) is 7.10. The first kappa shape index (κ1) is 30.5. The third kappa shape index (κ3) is 5.81. The molecule has 0 fully saturated rings. The zero-order chi connectivity index (χ0) is 30.3. The van der Waals surface area contributed by atoms with Crippen molar-refractivity contribution >= 4 is 51.9 Å². The Hall–Kier alpha value is -3.48. The highest BCUT2D eigenvalue weighted by Gasteiger charge is 2.59. The van der Waals surface area contributed by atoms with Crippen molar-refractivity contribution in [1.29, 1.82) is 0 Å². The van der Waals surface area contributed by atoms with Crippen molar-refractivity contribution in [3.63, 3.8) is 0 Å². The fraction of sp³-hybridized carbons (Fsp3) is 0.111. The van der Waals surface area contributed by atoms with Gasteiger partial charge in [0, 0.05) is 34.2 Å². The van der Waals surface area contributed by atoms with Crippen molar-refractivity contribution in [2.45, 2.75) is 18.3 Å². The van der Waals surface area contributed by atoms with Gasteiger partial charge in [-0.25, -0.2) is 22.0 Å². The molecule has 3 aromatic carbocycles. The molecule has 0 aliphatic rings. The van der Waals surface area contributed by atoms with E-state index in [2.05, 4.69) is 0 Å². The number of thiophene rings is 1. The van der Waals surface area contributed by atoms with Gasteiger partial charge in [0.25, 0.3) is 11.6 Å². The van der Waals surface area contributed by atoms with Gasteiger partial charge in [0.05, 0.1) is 16.1 Å². The molecule has 214 valence electrons. The maximum atomic E-state index is 15.6. The Kier molecular flexibility index (Phi) is 8.49. The van der Waals surface area contributed by atoms with E-state index < -0.39 is 90.5 Å². The molecule has 3 nitrogen and oxygen atoms in total. The topological polar surface area (TPSA) is 46.2 Å². The molecule has 41 heavy (non-hydrogen) atoms. The molecule has 0 saturated carbocycles.